The number of hydrogen-bond acceptors (Lipinski definition) is 0. The molecule has 0 heterocycles. The summed E-state index contributed by atoms with van der Waals surface area (Å²) < 4.78 is 0. The lowest BCUT2D eigenvalue weighted by atomic mass is 10.1. The van der Waals surface area contributed by atoms with Crippen LogP contribution in [0.3, 0.4) is 0 Å². The fourth-order valence-electron chi connectivity index (χ4n) is 2.19. The fraction of sp³-hybridized carbons (Fsp3) is 0.0588. The second-order valence-corrected chi connectivity index (χ2v) is 6.58. The average Bonchev–Trinajstić information content (AvgIpc) is 2.47. The van der Waals surface area contributed by atoms with Crippen LogP contribution < -0.4 is 10.6 Å². The highest BCUT2D eigenvalue weighted by atomic mass is 31.1. The first-order valence-corrected chi connectivity index (χ1v) is 7.91. The summed E-state index contributed by atoms with van der Waals surface area (Å²) in [6.07, 6.45) is 0. The van der Waals surface area contributed by atoms with Gasteiger partial charge in [-0.25, -0.2) is 0 Å². The minimum atomic E-state index is -0.244. The van der Waals surface area contributed by atoms with Crippen LogP contribution in [0.15, 0.2) is 72.8 Å². The molecule has 91 valence electrons. The van der Waals surface area contributed by atoms with Crippen molar-refractivity contribution in [1.82, 2.24) is 0 Å². The van der Waals surface area contributed by atoms with E-state index in [0.29, 0.717) is 0 Å². The quantitative estimate of drug-likeness (QED) is 0.489. The predicted molar refractivity (Wildman–Crippen MR) is 88.3 cm³/mol. The molecule has 1 unspecified atom stereocenters. The predicted octanol–water partition coefficient (Wildman–Crippen LogP) is 3.52. The molecule has 0 amide bonds. The molecule has 0 bridgehead atoms. The first-order chi connectivity index (χ1) is 8.84. The van der Waals surface area contributed by atoms with Gasteiger partial charge in [0.15, 0.2) is 0 Å². The van der Waals surface area contributed by atoms with Gasteiger partial charge in [0.2, 0.25) is 0 Å². The molecule has 0 saturated heterocycles. The lowest BCUT2D eigenvalue weighted by Crippen LogP contribution is -2.10. The van der Waals surface area contributed by atoms with E-state index >= 15 is 0 Å². The zero-order valence-electron chi connectivity index (χ0n) is 11.0. The highest BCUT2D eigenvalue weighted by molar-refractivity contribution is 7.72. The summed E-state index contributed by atoms with van der Waals surface area (Å²) in [5, 5.41) is 5.52. The highest BCUT2D eigenvalue weighted by Gasteiger charge is 2.07. The van der Waals surface area contributed by atoms with Gasteiger partial charge < -0.3 is 0 Å². The molecule has 0 aliphatic rings. The summed E-state index contributed by atoms with van der Waals surface area (Å²) in [6.45, 7) is 2.33. The van der Waals surface area contributed by atoms with Crippen LogP contribution in [0.1, 0.15) is 0 Å². The lowest BCUT2D eigenvalue weighted by Gasteiger charge is -2.13. The highest BCUT2D eigenvalue weighted by Crippen LogP contribution is 2.29. The molecule has 0 N–H and O–H groups in total. The first-order valence-electron chi connectivity index (χ1n) is 6.12. The minimum absolute atomic E-state index is 0. The van der Waals surface area contributed by atoms with Crippen LogP contribution in [0.2, 0.25) is 0 Å². The Morgan fingerprint density at radius 2 is 1.26 bits per heavy atom. The molecule has 19 heavy (non-hydrogen) atoms. The summed E-state index contributed by atoms with van der Waals surface area (Å²) in [5.74, 6) is 0. The Kier molecular flexibility index (Phi) is 4.40. The number of fused-ring (bicyclic) bond motifs is 1. The molecule has 3 aromatic rings. The van der Waals surface area contributed by atoms with Gasteiger partial charge in [-0.2, -0.15) is 0 Å². The van der Waals surface area contributed by atoms with Crippen LogP contribution in [0.25, 0.3) is 10.8 Å². The number of hydrogen-bond donors (Lipinski definition) is 0. The summed E-state index contributed by atoms with van der Waals surface area (Å²) >= 11 is 0. The Morgan fingerprint density at radius 3 is 2.00 bits per heavy atom. The van der Waals surface area contributed by atoms with Crippen molar-refractivity contribution >= 4 is 37.7 Å². The number of benzene rings is 3. The third-order valence-electron chi connectivity index (χ3n) is 3.26. The lowest BCUT2D eigenvalue weighted by molar-refractivity contribution is 1.76. The molecule has 0 saturated carbocycles. The van der Waals surface area contributed by atoms with E-state index in [1.165, 1.54) is 21.4 Å². The second kappa shape index (κ2) is 6.04. The molecule has 0 aliphatic carbocycles. The molecule has 0 fully saturated rings. The normalized spacial score (nSPS) is 11.8. The van der Waals surface area contributed by atoms with E-state index < -0.39 is 0 Å². The van der Waals surface area contributed by atoms with Gasteiger partial charge in [0, 0.05) is 8.41 Å². The smallest absolute Gasteiger partial charge is 0 e. The van der Waals surface area contributed by atoms with Gasteiger partial charge in [0.05, 0.1) is 0 Å². The molecule has 3 aromatic carbocycles. The van der Waals surface area contributed by atoms with Crippen LogP contribution >= 0.6 is 7.92 Å². The van der Waals surface area contributed by atoms with Crippen LogP contribution in [-0.4, -0.2) is 15.1 Å². The van der Waals surface area contributed by atoms with Gasteiger partial charge >= 0.3 is 0 Å². The monoisotopic (exact) mass is 261 g/mol. The largest absolute Gasteiger partial charge is 0.0622 e. The topological polar surface area (TPSA) is 0 Å². The minimum Gasteiger partial charge on any atom is -0.0622 e. The Balaban J connectivity index is 0.00000133. The molecule has 3 radical (unpaired) electrons. The Morgan fingerprint density at radius 1 is 0.632 bits per heavy atom. The molecule has 0 aliphatic heterocycles. The molecule has 0 aromatic heterocycles. The van der Waals surface area contributed by atoms with E-state index in [-0.39, 0.29) is 16.3 Å². The molecule has 1 atom stereocenters. The van der Waals surface area contributed by atoms with Crippen molar-refractivity contribution in [2.24, 2.45) is 0 Å². The van der Waals surface area contributed by atoms with Crippen molar-refractivity contribution in [3.63, 3.8) is 0 Å². The van der Waals surface area contributed by atoms with E-state index in [0.717, 1.165) is 0 Å². The summed E-state index contributed by atoms with van der Waals surface area (Å²) in [7, 11) is -0.244. The van der Waals surface area contributed by atoms with Gasteiger partial charge in [-0.3, -0.25) is 0 Å². The molecule has 0 spiro atoms. The van der Waals surface area contributed by atoms with Gasteiger partial charge in [-0.1, -0.05) is 66.7 Å². The van der Waals surface area contributed by atoms with E-state index in [2.05, 4.69) is 79.5 Å². The maximum absolute atomic E-state index is 2.33. The molecule has 3 rings (SSSR count). The van der Waals surface area contributed by atoms with Crippen molar-refractivity contribution in [3.05, 3.63) is 72.8 Å². The van der Waals surface area contributed by atoms with Gasteiger partial charge in [-0.15, -0.1) is 0 Å². The average molecular weight is 261 g/mol. The standard InChI is InChI=1S/C17H15P.B/c1-18(16-9-3-2-4-10-16)17-12-11-14-7-5-6-8-15(14)13-17;/h2-13H,1H3;. The summed E-state index contributed by atoms with van der Waals surface area (Å²) in [4.78, 5) is 0. The first kappa shape index (κ1) is 13.8. The van der Waals surface area contributed by atoms with Crippen molar-refractivity contribution in [3.8, 4) is 0 Å². The van der Waals surface area contributed by atoms with Crippen molar-refractivity contribution < 1.29 is 0 Å². The van der Waals surface area contributed by atoms with Crippen molar-refractivity contribution in [1.29, 1.82) is 0 Å². The zero-order valence-corrected chi connectivity index (χ0v) is 11.8. The van der Waals surface area contributed by atoms with E-state index in [4.69, 9.17) is 0 Å². The van der Waals surface area contributed by atoms with Crippen LogP contribution in [0.4, 0.5) is 0 Å². The van der Waals surface area contributed by atoms with Gasteiger partial charge in [0.1, 0.15) is 0 Å². The Labute approximate surface area is 117 Å². The molecule has 2 heteroatoms. The molecular weight excluding hydrogens is 246 g/mol. The fourth-order valence-corrected chi connectivity index (χ4v) is 3.73. The van der Waals surface area contributed by atoms with E-state index in [1.807, 2.05) is 0 Å². The van der Waals surface area contributed by atoms with Crippen LogP contribution in [-0.2, 0) is 0 Å². The Bertz CT molecular complexity index is 664. The van der Waals surface area contributed by atoms with Gasteiger partial charge in [0.25, 0.3) is 0 Å². The van der Waals surface area contributed by atoms with E-state index in [1.54, 1.807) is 0 Å². The molecule has 0 nitrogen and oxygen atoms in total. The SMILES string of the molecule is CP(c1ccccc1)c1ccc2ccccc2c1.[B]. The summed E-state index contributed by atoms with van der Waals surface area (Å²) in [5.41, 5.74) is 0. The second-order valence-electron chi connectivity index (χ2n) is 4.43. The van der Waals surface area contributed by atoms with Crippen molar-refractivity contribution in [2.45, 2.75) is 0 Å². The summed E-state index contributed by atoms with van der Waals surface area (Å²) in [6, 6.07) is 26.1. The third kappa shape index (κ3) is 2.88. The van der Waals surface area contributed by atoms with E-state index in [9.17, 15) is 0 Å². The van der Waals surface area contributed by atoms with Gasteiger partial charge in [-0.05, 0) is 42.0 Å². The third-order valence-corrected chi connectivity index (χ3v) is 5.39. The Hall–Kier alpha value is -1.59. The van der Waals surface area contributed by atoms with Crippen molar-refractivity contribution in [2.75, 3.05) is 6.66 Å². The van der Waals surface area contributed by atoms with Crippen LogP contribution in [0.5, 0.6) is 0 Å². The zero-order chi connectivity index (χ0) is 12.4. The maximum Gasteiger partial charge on any atom is 0 e. The molecular formula is C17H15BP. The number of rotatable bonds is 2. The maximum atomic E-state index is 2.33. The van der Waals surface area contributed by atoms with Crippen LogP contribution in [0, 0.1) is 0 Å².